The van der Waals surface area contributed by atoms with Crippen LogP contribution in [0.15, 0.2) is 12.1 Å². The van der Waals surface area contributed by atoms with Gasteiger partial charge in [0.2, 0.25) is 0 Å². The van der Waals surface area contributed by atoms with Crippen LogP contribution in [0.3, 0.4) is 0 Å². The van der Waals surface area contributed by atoms with Crippen molar-refractivity contribution in [3.05, 3.63) is 27.2 Å². The first-order valence-corrected chi connectivity index (χ1v) is 7.63. The molecule has 0 aliphatic carbocycles. The fraction of sp³-hybridized carbons (Fsp3) is 0.400. The third kappa shape index (κ3) is 4.54. The summed E-state index contributed by atoms with van der Waals surface area (Å²) in [6.07, 6.45) is 1.27. The van der Waals surface area contributed by atoms with E-state index in [1.165, 1.54) is 12.1 Å². The molecular formula is C10H11Cl3O3S. The van der Waals surface area contributed by atoms with Crippen molar-refractivity contribution >= 4 is 44.9 Å². The summed E-state index contributed by atoms with van der Waals surface area (Å²) in [5.41, 5.74) is 0. The Labute approximate surface area is 116 Å². The summed E-state index contributed by atoms with van der Waals surface area (Å²) < 4.78 is 28.0. The van der Waals surface area contributed by atoms with Crippen LogP contribution < -0.4 is 4.18 Å². The van der Waals surface area contributed by atoms with Gasteiger partial charge in [-0.15, -0.1) is 0 Å². The third-order valence-corrected chi connectivity index (χ3v) is 3.91. The lowest BCUT2D eigenvalue weighted by atomic mass is 10.3. The largest absolute Gasteiger partial charge is 0.379 e. The zero-order chi connectivity index (χ0) is 13.1. The monoisotopic (exact) mass is 316 g/mol. The van der Waals surface area contributed by atoms with Crippen molar-refractivity contribution in [1.82, 2.24) is 0 Å². The summed E-state index contributed by atoms with van der Waals surface area (Å²) >= 11 is 17.3. The first-order valence-electron chi connectivity index (χ1n) is 4.92. The van der Waals surface area contributed by atoms with Crippen molar-refractivity contribution in [3.8, 4) is 5.75 Å². The molecule has 0 fully saturated rings. The maximum Gasteiger partial charge on any atom is 0.309 e. The summed E-state index contributed by atoms with van der Waals surface area (Å²) in [4.78, 5) is 0. The van der Waals surface area contributed by atoms with Crippen molar-refractivity contribution in [1.29, 1.82) is 0 Å². The zero-order valence-electron chi connectivity index (χ0n) is 9.04. The number of hydrogen-bond acceptors (Lipinski definition) is 3. The van der Waals surface area contributed by atoms with Crippen molar-refractivity contribution in [2.75, 3.05) is 5.75 Å². The van der Waals surface area contributed by atoms with Crippen LogP contribution in [0.5, 0.6) is 5.75 Å². The Hall–Kier alpha value is -0.160. The number of halogens is 3. The van der Waals surface area contributed by atoms with E-state index in [0.29, 0.717) is 11.4 Å². The highest BCUT2D eigenvalue weighted by Gasteiger charge is 2.17. The smallest absolute Gasteiger partial charge is 0.309 e. The average molecular weight is 318 g/mol. The Morgan fingerprint density at radius 2 is 1.71 bits per heavy atom. The minimum atomic E-state index is -3.67. The van der Waals surface area contributed by atoms with Crippen LogP contribution in [-0.4, -0.2) is 14.2 Å². The molecule has 0 aromatic heterocycles. The molecule has 0 unspecified atom stereocenters. The van der Waals surface area contributed by atoms with E-state index < -0.39 is 10.1 Å². The van der Waals surface area contributed by atoms with Gasteiger partial charge in [0.05, 0.1) is 15.8 Å². The van der Waals surface area contributed by atoms with E-state index in [-0.39, 0.29) is 21.5 Å². The van der Waals surface area contributed by atoms with Crippen LogP contribution in [-0.2, 0) is 10.1 Å². The van der Waals surface area contributed by atoms with Crippen molar-refractivity contribution in [2.45, 2.75) is 19.8 Å². The topological polar surface area (TPSA) is 43.4 Å². The van der Waals surface area contributed by atoms with Gasteiger partial charge in [0.1, 0.15) is 0 Å². The Morgan fingerprint density at radius 3 is 2.18 bits per heavy atom. The molecule has 17 heavy (non-hydrogen) atoms. The Kier molecular flexibility index (Phi) is 5.38. The van der Waals surface area contributed by atoms with Gasteiger partial charge in [-0.2, -0.15) is 8.42 Å². The van der Waals surface area contributed by atoms with Gasteiger partial charge >= 0.3 is 10.1 Å². The average Bonchev–Trinajstić information content (AvgIpc) is 2.21. The first-order chi connectivity index (χ1) is 7.85. The molecule has 0 heterocycles. The Balaban J connectivity index is 2.96. The summed E-state index contributed by atoms with van der Waals surface area (Å²) in [5.74, 6) is -0.146. The van der Waals surface area contributed by atoms with Gasteiger partial charge in [-0.25, -0.2) is 0 Å². The highest BCUT2D eigenvalue weighted by Crippen LogP contribution is 2.36. The third-order valence-electron chi connectivity index (χ3n) is 1.92. The van der Waals surface area contributed by atoms with E-state index in [1.807, 2.05) is 6.92 Å². The molecule has 0 saturated heterocycles. The predicted molar refractivity (Wildman–Crippen MR) is 70.8 cm³/mol. The van der Waals surface area contributed by atoms with Gasteiger partial charge < -0.3 is 4.18 Å². The van der Waals surface area contributed by atoms with E-state index in [4.69, 9.17) is 39.0 Å². The van der Waals surface area contributed by atoms with E-state index in [2.05, 4.69) is 0 Å². The van der Waals surface area contributed by atoms with Crippen molar-refractivity contribution in [3.63, 3.8) is 0 Å². The SMILES string of the molecule is CCCCS(=O)(=O)Oc1c(Cl)cc(Cl)cc1Cl. The second-order valence-electron chi connectivity index (χ2n) is 3.40. The Bertz CT molecular complexity index is 477. The minimum absolute atomic E-state index is 0.0707. The predicted octanol–water partition coefficient (Wildman–Crippen LogP) is 4.16. The molecule has 1 rings (SSSR count). The van der Waals surface area contributed by atoms with E-state index in [0.717, 1.165) is 6.42 Å². The molecule has 0 spiro atoms. The molecule has 3 nitrogen and oxygen atoms in total. The lowest BCUT2D eigenvalue weighted by Crippen LogP contribution is -2.14. The molecule has 0 aliphatic heterocycles. The Morgan fingerprint density at radius 1 is 1.18 bits per heavy atom. The molecule has 7 heteroatoms. The van der Waals surface area contributed by atoms with E-state index >= 15 is 0 Å². The summed E-state index contributed by atoms with van der Waals surface area (Å²) in [6.45, 7) is 1.89. The highest BCUT2D eigenvalue weighted by molar-refractivity contribution is 7.87. The number of unbranched alkanes of at least 4 members (excludes halogenated alkanes) is 1. The van der Waals surface area contributed by atoms with Crippen LogP contribution in [0.1, 0.15) is 19.8 Å². The normalized spacial score (nSPS) is 11.5. The lowest BCUT2D eigenvalue weighted by molar-refractivity contribution is 0.484. The van der Waals surface area contributed by atoms with Gasteiger partial charge in [-0.05, 0) is 18.6 Å². The van der Waals surface area contributed by atoms with Crippen molar-refractivity contribution < 1.29 is 12.6 Å². The van der Waals surface area contributed by atoms with Gasteiger partial charge in [0.15, 0.2) is 5.75 Å². The van der Waals surface area contributed by atoms with Crippen LogP contribution in [0.4, 0.5) is 0 Å². The van der Waals surface area contributed by atoms with Gasteiger partial charge in [-0.3, -0.25) is 0 Å². The molecule has 96 valence electrons. The fourth-order valence-corrected chi connectivity index (χ4v) is 3.24. The second-order valence-corrected chi connectivity index (χ2v) is 6.34. The summed E-state index contributed by atoms with van der Waals surface area (Å²) in [6, 6.07) is 2.75. The quantitative estimate of drug-likeness (QED) is 0.766. The van der Waals surface area contributed by atoms with Crippen LogP contribution in [0, 0.1) is 0 Å². The second kappa shape index (κ2) is 6.14. The maximum atomic E-state index is 11.6. The molecule has 1 aromatic rings. The molecule has 1 aromatic carbocycles. The van der Waals surface area contributed by atoms with Gasteiger partial charge in [0, 0.05) is 5.02 Å². The molecule has 0 aliphatic rings. The van der Waals surface area contributed by atoms with Gasteiger partial charge in [-0.1, -0.05) is 48.1 Å². The first kappa shape index (κ1) is 14.9. The number of hydrogen-bond donors (Lipinski definition) is 0. The molecule has 0 bridgehead atoms. The van der Waals surface area contributed by atoms with E-state index in [1.54, 1.807) is 0 Å². The van der Waals surface area contributed by atoms with Gasteiger partial charge in [0.25, 0.3) is 0 Å². The molecule has 0 atom stereocenters. The molecule has 0 radical (unpaired) electrons. The van der Waals surface area contributed by atoms with Crippen LogP contribution in [0.25, 0.3) is 0 Å². The number of benzene rings is 1. The summed E-state index contributed by atoms with van der Waals surface area (Å²) in [7, 11) is -3.67. The number of rotatable bonds is 5. The molecular weight excluding hydrogens is 307 g/mol. The zero-order valence-corrected chi connectivity index (χ0v) is 12.1. The van der Waals surface area contributed by atoms with Crippen LogP contribution >= 0.6 is 34.8 Å². The summed E-state index contributed by atoms with van der Waals surface area (Å²) in [5, 5.41) is 0.462. The molecule has 0 N–H and O–H groups in total. The standard InChI is InChI=1S/C10H11Cl3O3S/c1-2-3-4-17(14,15)16-10-8(12)5-7(11)6-9(10)13/h5-6H,2-4H2,1H3. The lowest BCUT2D eigenvalue weighted by Gasteiger charge is -2.10. The highest BCUT2D eigenvalue weighted by atomic mass is 35.5. The maximum absolute atomic E-state index is 11.6. The van der Waals surface area contributed by atoms with Crippen LogP contribution in [0.2, 0.25) is 15.1 Å². The van der Waals surface area contributed by atoms with Crippen molar-refractivity contribution in [2.24, 2.45) is 0 Å². The minimum Gasteiger partial charge on any atom is -0.379 e. The molecule has 0 saturated carbocycles. The fourth-order valence-electron chi connectivity index (χ4n) is 1.10. The van der Waals surface area contributed by atoms with E-state index in [9.17, 15) is 8.42 Å². The molecule has 0 amide bonds.